The molecule has 0 aliphatic rings. The molecule has 2 atom stereocenters. The molecule has 0 bridgehead atoms. The Bertz CT molecular complexity index is 343. The fraction of sp³-hybridized carbons (Fsp3) is 0.714. The Balaban J connectivity index is 4.52. The maximum absolute atomic E-state index is 11.3. The van der Waals surface area contributed by atoms with Gasteiger partial charge in [0.05, 0.1) is 12.5 Å². The molecule has 6 nitrogen and oxygen atoms in total. The fourth-order valence-electron chi connectivity index (χ4n) is 0.694. The third kappa shape index (κ3) is 3.72. The van der Waals surface area contributed by atoms with E-state index in [-0.39, 0.29) is 6.42 Å². The quantitative estimate of drug-likeness (QED) is 0.660. The van der Waals surface area contributed by atoms with E-state index in [1.807, 2.05) is 0 Å². The van der Waals surface area contributed by atoms with Gasteiger partial charge in [0.15, 0.2) is 5.25 Å². The number of hydrogen-bond donors (Lipinski definition) is 2. The van der Waals surface area contributed by atoms with Crippen molar-refractivity contribution in [3.8, 4) is 6.07 Å². The van der Waals surface area contributed by atoms with Gasteiger partial charge in [-0.05, 0) is 13.8 Å². The Morgan fingerprint density at radius 2 is 2.07 bits per heavy atom. The van der Waals surface area contributed by atoms with Crippen molar-refractivity contribution in [2.75, 3.05) is 0 Å². The van der Waals surface area contributed by atoms with Crippen LogP contribution in [0.1, 0.15) is 20.3 Å². The van der Waals surface area contributed by atoms with E-state index in [2.05, 4.69) is 4.72 Å². The second kappa shape index (κ2) is 4.93. The van der Waals surface area contributed by atoms with Gasteiger partial charge in [-0.2, -0.15) is 5.26 Å². The number of nitriles is 1. The molecule has 7 heteroatoms. The van der Waals surface area contributed by atoms with Crippen LogP contribution in [0.2, 0.25) is 0 Å². The molecule has 0 saturated carbocycles. The van der Waals surface area contributed by atoms with Gasteiger partial charge in [0, 0.05) is 6.04 Å². The van der Waals surface area contributed by atoms with Crippen LogP contribution in [0.15, 0.2) is 0 Å². The lowest BCUT2D eigenvalue weighted by molar-refractivity contribution is -0.136. The van der Waals surface area contributed by atoms with E-state index >= 15 is 0 Å². The maximum atomic E-state index is 11.3. The Hall–Kier alpha value is -1.13. The average Bonchev–Trinajstić information content (AvgIpc) is 2.02. The summed E-state index contributed by atoms with van der Waals surface area (Å²) in [7, 11) is -3.88. The fourth-order valence-corrected chi connectivity index (χ4v) is 1.81. The highest BCUT2D eigenvalue weighted by Gasteiger charge is 2.28. The second-order valence-electron chi connectivity index (χ2n) is 2.91. The molecule has 0 aliphatic carbocycles. The number of carboxylic acid groups (broad SMARTS) is 1. The first-order valence-corrected chi connectivity index (χ1v) is 5.46. The van der Waals surface area contributed by atoms with Crippen molar-refractivity contribution in [2.45, 2.75) is 31.6 Å². The minimum atomic E-state index is -3.88. The second-order valence-corrected chi connectivity index (χ2v) is 4.94. The van der Waals surface area contributed by atoms with Crippen molar-refractivity contribution >= 4 is 16.0 Å². The van der Waals surface area contributed by atoms with E-state index in [9.17, 15) is 13.2 Å². The summed E-state index contributed by atoms with van der Waals surface area (Å²) in [6.45, 7) is 2.57. The van der Waals surface area contributed by atoms with Crippen LogP contribution >= 0.6 is 0 Å². The van der Waals surface area contributed by atoms with Crippen LogP contribution in [0.4, 0.5) is 0 Å². The molecule has 0 aromatic carbocycles. The van der Waals surface area contributed by atoms with E-state index in [0.717, 1.165) is 6.92 Å². The number of carboxylic acids is 1. The van der Waals surface area contributed by atoms with Crippen molar-refractivity contribution in [1.82, 2.24) is 4.72 Å². The summed E-state index contributed by atoms with van der Waals surface area (Å²) in [6.07, 6.45) is 0.00552. The van der Waals surface area contributed by atoms with Gasteiger partial charge in [0.2, 0.25) is 10.0 Å². The summed E-state index contributed by atoms with van der Waals surface area (Å²) in [5.41, 5.74) is 0. The third-order valence-electron chi connectivity index (χ3n) is 1.58. The Morgan fingerprint density at radius 3 is 2.43 bits per heavy atom. The molecular formula is C7H12N2O4S. The molecule has 0 heterocycles. The number of hydrogen-bond acceptors (Lipinski definition) is 4. The largest absolute Gasteiger partial charge is 0.480 e. The summed E-state index contributed by atoms with van der Waals surface area (Å²) in [6, 6.07) is 1.21. The number of nitrogens with zero attached hydrogens (tertiary/aromatic N) is 1. The molecule has 0 rings (SSSR count). The number of carbonyl (C=O) groups is 1. The van der Waals surface area contributed by atoms with Gasteiger partial charge in [-0.1, -0.05) is 0 Å². The zero-order chi connectivity index (χ0) is 11.4. The van der Waals surface area contributed by atoms with Crippen molar-refractivity contribution in [2.24, 2.45) is 0 Å². The van der Waals surface area contributed by atoms with Crippen molar-refractivity contribution < 1.29 is 18.3 Å². The van der Waals surface area contributed by atoms with Crippen molar-refractivity contribution in [3.63, 3.8) is 0 Å². The molecule has 0 saturated heterocycles. The van der Waals surface area contributed by atoms with Crippen LogP contribution in [0.3, 0.4) is 0 Å². The lowest BCUT2D eigenvalue weighted by Gasteiger charge is -2.13. The van der Waals surface area contributed by atoms with Gasteiger partial charge < -0.3 is 5.11 Å². The molecule has 0 spiro atoms. The molecule has 0 aromatic heterocycles. The summed E-state index contributed by atoms with van der Waals surface area (Å²) < 4.78 is 24.6. The summed E-state index contributed by atoms with van der Waals surface area (Å²) in [5.74, 6) is -1.42. The summed E-state index contributed by atoms with van der Waals surface area (Å²) in [5, 5.41) is 15.2. The highest BCUT2D eigenvalue weighted by molar-refractivity contribution is 7.90. The third-order valence-corrected chi connectivity index (χ3v) is 3.44. The number of sulfonamides is 1. The average molecular weight is 220 g/mol. The van der Waals surface area contributed by atoms with Gasteiger partial charge in [-0.15, -0.1) is 0 Å². The van der Waals surface area contributed by atoms with E-state index in [0.29, 0.717) is 0 Å². The van der Waals surface area contributed by atoms with Crippen LogP contribution in [-0.4, -0.2) is 30.8 Å². The van der Waals surface area contributed by atoms with E-state index in [1.54, 1.807) is 6.07 Å². The first-order valence-electron chi connectivity index (χ1n) is 3.92. The zero-order valence-corrected chi connectivity index (χ0v) is 8.71. The minimum absolute atomic E-state index is 0.00552. The van der Waals surface area contributed by atoms with Gasteiger partial charge in [-0.25, -0.2) is 13.1 Å². The van der Waals surface area contributed by atoms with Gasteiger partial charge in [0.1, 0.15) is 0 Å². The van der Waals surface area contributed by atoms with Crippen LogP contribution in [0.5, 0.6) is 0 Å². The van der Waals surface area contributed by atoms with E-state index in [4.69, 9.17) is 10.4 Å². The first kappa shape index (κ1) is 12.9. The van der Waals surface area contributed by atoms with E-state index < -0.39 is 27.3 Å². The highest BCUT2D eigenvalue weighted by Crippen LogP contribution is 2.01. The predicted octanol–water partition coefficient (Wildman–Crippen LogP) is -0.319. The smallest absolute Gasteiger partial charge is 0.323 e. The SMILES string of the molecule is CC(CC#N)NS(=O)(=O)C(C)C(=O)O. The molecule has 0 radical (unpaired) electrons. The first-order chi connectivity index (χ1) is 6.31. The zero-order valence-electron chi connectivity index (χ0n) is 7.89. The molecule has 0 amide bonds. The predicted molar refractivity (Wildman–Crippen MR) is 48.8 cm³/mol. The molecule has 0 aliphatic heterocycles. The van der Waals surface area contributed by atoms with Gasteiger partial charge in [-0.3, -0.25) is 4.79 Å². The molecule has 0 aromatic rings. The van der Waals surface area contributed by atoms with Crippen molar-refractivity contribution in [3.05, 3.63) is 0 Å². The molecule has 2 N–H and O–H groups in total. The van der Waals surface area contributed by atoms with Crippen LogP contribution in [-0.2, 0) is 14.8 Å². The highest BCUT2D eigenvalue weighted by atomic mass is 32.2. The number of rotatable bonds is 5. The summed E-state index contributed by atoms with van der Waals surface area (Å²) in [4.78, 5) is 10.4. The van der Waals surface area contributed by atoms with Crippen LogP contribution < -0.4 is 4.72 Å². The molecular weight excluding hydrogens is 208 g/mol. The molecule has 0 fully saturated rings. The lowest BCUT2D eigenvalue weighted by Crippen LogP contribution is -2.41. The maximum Gasteiger partial charge on any atom is 0.323 e. The van der Waals surface area contributed by atoms with Crippen molar-refractivity contribution in [1.29, 1.82) is 5.26 Å². The molecule has 14 heavy (non-hydrogen) atoms. The van der Waals surface area contributed by atoms with Crippen LogP contribution in [0, 0.1) is 11.3 Å². The number of aliphatic carboxylic acids is 1. The molecule has 80 valence electrons. The number of nitrogens with one attached hydrogen (secondary N) is 1. The Kier molecular flexibility index (Phi) is 4.53. The van der Waals surface area contributed by atoms with Gasteiger partial charge in [0.25, 0.3) is 0 Å². The standard InChI is InChI=1S/C7H12N2O4S/c1-5(3-4-8)9-14(12,13)6(2)7(10)11/h5-6,9H,3H2,1-2H3,(H,10,11). The monoisotopic (exact) mass is 220 g/mol. The topological polar surface area (TPSA) is 107 Å². The van der Waals surface area contributed by atoms with Gasteiger partial charge >= 0.3 is 5.97 Å². The molecule has 2 unspecified atom stereocenters. The lowest BCUT2D eigenvalue weighted by atomic mass is 10.3. The Labute approximate surface area is 82.6 Å². The normalized spacial score (nSPS) is 15.5. The van der Waals surface area contributed by atoms with Crippen LogP contribution in [0.25, 0.3) is 0 Å². The Morgan fingerprint density at radius 1 is 1.57 bits per heavy atom. The van der Waals surface area contributed by atoms with E-state index in [1.165, 1.54) is 6.92 Å². The minimum Gasteiger partial charge on any atom is -0.480 e. The summed E-state index contributed by atoms with van der Waals surface area (Å²) >= 11 is 0.